The summed E-state index contributed by atoms with van der Waals surface area (Å²) in [7, 11) is 0. The van der Waals surface area contributed by atoms with Gasteiger partial charge in [-0.1, -0.05) is 79.7 Å². The van der Waals surface area contributed by atoms with Gasteiger partial charge in [0, 0.05) is 37.0 Å². The minimum Gasteiger partial charge on any atom is -0.299 e. The second kappa shape index (κ2) is 12.8. The quantitative estimate of drug-likeness (QED) is 0.363. The Kier molecular flexibility index (Phi) is 11.6. The molecule has 0 saturated heterocycles. The van der Waals surface area contributed by atoms with Gasteiger partial charge in [-0.05, 0) is 74.5 Å². The highest BCUT2D eigenvalue weighted by molar-refractivity contribution is 5.85. The molecule has 0 heterocycles. The van der Waals surface area contributed by atoms with Crippen molar-refractivity contribution in [3.8, 4) is 0 Å². The standard InChI is InChI=1S/C11H20O.2C11H18O/c3*1-8(2)9-5-6-11(3,4)7-10(9)12/h8-9H,5-7H2,1-4H3;2*9H,1,5-7H2,2-4H3. The van der Waals surface area contributed by atoms with Crippen LogP contribution in [0, 0.1) is 39.9 Å². The molecule has 3 nitrogen and oxygen atoms in total. The molecule has 36 heavy (non-hydrogen) atoms. The maximum Gasteiger partial charge on any atom is 0.140 e. The molecule has 3 unspecified atom stereocenters. The third-order valence-electron chi connectivity index (χ3n) is 8.50. The zero-order valence-electron chi connectivity index (χ0n) is 25.3. The van der Waals surface area contributed by atoms with Crippen LogP contribution < -0.4 is 0 Å². The summed E-state index contributed by atoms with van der Waals surface area (Å²) in [6, 6.07) is 0. The van der Waals surface area contributed by atoms with Crippen LogP contribution in [0.4, 0.5) is 0 Å². The van der Waals surface area contributed by atoms with Crippen molar-refractivity contribution in [3.05, 3.63) is 24.3 Å². The van der Waals surface area contributed by atoms with Crippen molar-refractivity contribution in [2.45, 2.75) is 127 Å². The van der Waals surface area contributed by atoms with Crippen LogP contribution in [0.3, 0.4) is 0 Å². The summed E-state index contributed by atoms with van der Waals surface area (Å²) in [6.45, 7) is 29.0. The van der Waals surface area contributed by atoms with Gasteiger partial charge >= 0.3 is 0 Å². The maximum atomic E-state index is 11.7. The fourth-order valence-corrected chi connectivity index (χ4v) is 5.90. The summed E-state index contributed by atoms with van der Waals surface area (Å²) in [6.07, 6.45) is 8.85. The van der Waals surface area contributed by atoms with Crippen molar-refractivity contribution < 1.29 is 14.4 Å². The highest BCUT2D eigenvalue weighted by atomic mass is 16.1. The lowest BCUT2D eigenvalue weighted by Gasteiger charge is -2.34. The lowest BCUT2D eigenvalue weighted by Crippen LogP contribution is -2.32. The SMILES string of the molecule is C=C(C)C1CCC(C)(C)CC1=O.C=C(C)C1CCC(C)(C)CC1=O.CC(C)C1CCC(C)(C)CC1=O. The molecule has 0 spiro atoms. The van der Waals surface area contributed by atoms with Gasteiger partial charge in [0.1, 0.15) is 17.3 Å². The van der Waals surface area contributed by atoms with Crippen molar-refractivity contribution >= 4 is 17.3 Å². The van der Waals surface area contributed by atoms with E-state index in [1.807, 2.05) is 13.8 Å². The molecule has 206 valence electrons. The fourth-order valence-electron chi connectivity index (χ4n) is 5.90. The van der Waals surface area contributed by atoms with E-state index in [1.54, 1.807) is 0 Å². The van der Waals surface area contributed by atoms with E-state index >= 15 is 0 Å². The number of ketones is 3. The third kappa shape index (κ3) is 10.5. The van der Waals surface area contributed by atoms with Crippen LogP contribution in [0.5, 0.6) is 0 Å². The number of allylic oxidation sites excluding steroid dienone is 2. The first kappa shape index (κ1) is 32.5. The minimum absolute atomic E-state index is 0.151. The summed E-state index contributed by atoms with van der Waals surface area (Å²) in [5, 5.41) is 0. The molecule has 3 atom stereocenters. The molecule has 0 aromatic heterocycles. The summed E-state index contributed by atoms with van der Waals surface area (Å²) >= 11 is 0. The third-order valence-corrected chi connectivity index (χ3v) is 8.50. The van der Waals surface area contributed by atoms with E-state index in [9.17, 15) is 14.4 Å². The molecule has 0 amide bonds. The van der Waals surface area contributed by atoms with Gasteiger partial charge in [0.2, 0.25) is 0 Å². The lowest BCUT2D eigenvalue weighted by atomic mass is 9.69. The zero-order chi connectivity index (χ0) is 28.1. The number of Topliss-reactive ketones (excluding diaryl/α,β-unsaturated/α-hetero) is 3. The monoisotopic (exact) mass is 500 g/mol. The molecular weight excluding hydrogens is 444 g/mol. The second-order valence-electron chi connectivity index (χ2n) is 14.7. The Labute approximate surface area is 223 Å². The second-order valence-corrected chi connectivity index (χ2v) is 14.7. The Morgan fingerprint density at radius 3 is 1.19 bits per heavy atom. The molecule has 0 bridgehead atoms. The first-order chi connectivity index (χ1) is 16.3. The van der Waals surface area contributed by atoms with Crippen LogP contribution in [0.2, 0.25) is 0 Å². The normalized spacial score (nSPS) is 28.9. The minimum atomic E-state index is 0.151. The van der Waals surface area contributed by atoms with Gasteiger partial charge in [-0.15, -0.1) is 0 Å². The maximum absolute atomic E-state index is 11.7. The molecule has 0 aromatic rings. The summed E-state index contributed by atoms with van der Waals surface area (Å²) in [4.78, 5) is 34.8. The van der Waals surface area contributed by atoms with Gasteiger partial charge in [0.05, 0.1) is 0 Å². The van der Waals surface area contributed by atoms with Crippen LogP contribution in [-0.4, -0.2) is 17.3 Å². The van der Waals surface area contributed by atoms with Crippen molar-refractivity contribution in [1.29, 1.82) is 0 Å². The molecule has 3 heteroatoms. The Bertz CT molecular complexity index is 776. The molecular formula is C33H56O3. The van der Waals surface area contributed by atoms with Crippen LogP contribution in [-0.2, 0) is 14.4 Å². The number of rotatable bonds is 3. The zero-order valence-corrected chi connectivity index (χ0v) is 25.3. The van der Waals surface area contributed by atoms with E-state index in [4.69, 9.17) is 0 Å². The summed E-state index contributed by atoms with van der Waals surface area (Å²) in [5.74, 6) is 2.45. The van der Waals surface area contributed by atoms with Gasteiger partial charge in [0.25, 0.3) is 0 Å². The highest BCUT2D eigenvalue weighted by Crippen LogP contribution is 2.39. The van der Waals surface area contributed by atoms with Crippen molar-refractivity contribution in [2.24, 2.45) is 39.9 Å². The molecule has 3 aliphatic rings. The Balaban J connectivity index is 0.000000270. The summed E-state index contributed by atoms with van der Waals surface area (Å²) in [5.41, 5.74) is 2.79. The van der Waals surface area contributed by atoms with Crippen LogP contribution in [0.1, 0.15) is 127 Å². The van der Waals surface area contributed by atoms with Crippen LogP contribution in [0.15, 0.2) is 24.3 Å². The molecule has 3 saturated carbocycles. The Morgan fingerprint density at radius 1 is 0.639 bits per heavy atom. The van der Waals surface area contributed by atoms with Crippen LogP contribution in [0.25, 0.3) is 0 Å². The van der Waals surface area contributed by atoms with Crippen molar-refractivity contribution in [2.75, 3.05) is 0 Å². The van der Waals surface area contributed by atoms with E-state index in [-0.39, 0.29) is 28.1 Å². The largest absolute Gasteiger partial charge is 0.299 e. The number of hydrogen-bond donors (Lipinski definition) is 0. The van der Waals surface area contributed by atoms with E-state index < -0.39 is 0 Å². The van der Waals surface area contributed by atoms with E-state index in [0.29, 0.717) is 29.2 Å². The molecule has 3 fully saturated rings. The topological polar surface area (TPSA) is 51.2 Å². The van der Waals surface area contributed by atoms with Crippen molar-refractivity contribution in [3.63, 3.8) is 0 Å². The average Bonchev–Trinajstić information content (AvgIpc) is 2.65. The van der Waals surface area contributed by atoms with E-state index in [1.165, 1.54) is 6.42 Å². The Morgan fingerprint density at radius 2 is 0.944 bits per heavy atom. The molecule has 0 radical (unpaired) electrons. The van der Waals surface area contributed by atoms with E-state index in [2.05, 4.69) is 68.5 Å². The lowest BCUT2D eigenvalue weighted by molar-refractivity contribution is -0.129. The molecule has 0 aliphatic heterocycles. The number of carbonyl (C=O) groups excluding carboxylic acids is 3. The van der Waals surface area contributed by atoms with Gasteiger partial charge in [0.15, 0.2) is 0 Å². The van der Waals surface area contributed by atoms with E-state index in [0.717, 1.165) is 62.5 Å². The highest BCUT2D eigenvalue weighted by Gasteiger charge is 2.35. The van der Waals surface area contributed by atoms with Gasteiger partial charge < -0.3 is 0 Å². The van der Waals surface area contributed by atoms with Gasteiger partial charge in [-0.2, -0.15) is 0 Å². The molecule has 3 aliphatic carbocycles. The first-order valence-electron chi connectivity index (χ1n) is 14.2. The number of carbonyl (C=O) groups is 3. The predicted molar refractivity (Wildman–Crippen MR) is 153 cm³/mol. The fraction of sp³-hybridized carbons (Fsp3) is 0.788. The predicted octanol–water partition coefficient (Wildman–Crippen LogP) is 8.95. The molecule has 0 N–H and O–H groups in total. The molecule has 3 rings (SSSR count). The molecule has 0 aromatic carbocycles. The summed E-state index contributed by atoms with van der Waals surface area (Å²) < 4.78 is 0. The average molecular weight is 501 g/mol. The smallest absolute Gasteiger partial charge is 0.140 e. The van der Waals surface area contributed by atoms with Crippen molar-refractivity contribution in [1.82, 2.24) is 0 Å². The van der Waals surface area contributed by atoms with Gasteiger partial charge in [-0.3, -0.25) is 14.4 Å². The number of hydrogen-bond acceptors (Lipinski definition) is 3. The Hall–Kier alpha value is -1.51. The van der Waals surface area contributed by atoms with Gasteiger partial charge in [-0.25, -0.2) is 0 Å². The first-order valence-corrected chi connectivity index (χ1v) is 14.2. The van der Waals surface area contributed by atoms with Crippen LogP contribution >= 0.6 is 0 Å².